The Bertz CT molecular complexity index is 155. The van der Waals surface area contributed by atoms with Gasteiger partial charge in [0.05, 0.1) is 0 Å². The van der Waals surface area contributed by atoms with Gasteiger partial charge in [0.25, 0.3) is 0 Å². The number of hydrogen-bond acceptors (Lipinski definition) is 2. The predicted octanol–water partition coefficient (Wildman–Crippen LogP) is 2.83. The van der Waals surface area contributed by atoms with E-state index in [2.05, 4.69) is 26.1 Å². The van der Waals surface area contributed by atoms with Gasteiger partial charge in [0, 0.05) is 19.3 Å². The van der Waals surface area contributed by atoms with Gasteiger partial charge in [-0.15, -0.1) is 0 Å². The molecule has 2 unspecified atom stereocenters. The van der Waals surface area contributed by atoms with Crippen LogP contribution in [0.2, 0.25) is 0 Å². The van der Waals surface area contributed by atoms with Crippen LogP contribution in [0.5, 0.6) is 0 Å². The minimum atomic E-state index is 0.717. The fourth-order valence-corrected chi connectivity index (χ4v) is 2.42. The molecular formula is C13H27NO. The molecule has 1 aliphatic rings. The normalized spacial score (nSPS) is 22.6. The molecule has 1 N–H and O–H groups in total. The van der Waals surface area contributed by atoms with Crippen LogP contribution < -0.4 is 5.32 Å². The first-order valence-electron chi connectivity index (χ1n) is 6.59. The summed E-state index contributed by atoms with van der Waals surface area (Å²) in [6, 6.07) is 0.717. The molecule has 0 radical (unpaired) electrons. The molecule has 2 nitrogen and oxygen atoms in total. The monoisotopic (exact) mass is 213 g/mol. The van der Waals surface area contributed by atoms with E-state index in [-0.39, 0.29) is 0 Å². The second-order valence-electron chi connectivity index (χ2n) is 4.86. The number of ether oxygens (including phenoxy) is 1. The summed E-state index contributed by atoms with van der Waals surface area (Å²) in [4.78, 5) is 0. The van der Waals surface area contributed by atoms with Crippen molar-refractivity contribution in [2.75, 3.05) is 19.8 Å². The topological polar surface area (TPSA) is 21.3 Å². The van der Waals surface area contributed by atoms with Crippen molar-refractivity contribution in [2.24, 2.45) is 11.8 Å². The second kappa shape index (κ2) is 7.24. The SMILES string of the molecule is CCNC(CC(C)CC)C1CCOCC1. The Morgan fingerprint density at radius 1 is 1.27 bits per heavy atom. The summed E-state index contributed by atoms with van der Waals surface area (Å²) in [6.45, 7) is 9.89. The summed E-state index contributed by atoms with van der Waals surface area (Å²) in [5, 5.41) is 3.66. The Hall–Kier alpha value is -0.0800. The van der Waals surface area contributed by atoms with Gasteiger partial charge in [0.15, 0.2) is 0 Å². The number of nitrogens with one attached hydrogen (secondary N) is 1. The van der Waals surface area contributed by atoms with Crippen LogP contribution in [-0.4, -0.2) is 25.8 Å². The lowest BCUT2D eigenvalue weighted by Gasteiger charge is -2.32. The van der Waals surface area contributed by atoms with E-state index in [0.29, 0.717) is 6.04 Å². The maximum absolute atomic E-state index is 5.43. The van der Waals surface area contributed by atoms with Gasteiger partial charge in [0.1, 0.15) is 0 Å². The average Bonchev–Trinajstić information content (AvgIpc) is 2.29. The van der Waals surface area contributed by atoms with E-state index < -0.39 is 0 Å². The molecule has 2 atom stereocenters. The summed E-state index contributed by atoms with van der Waals surface area (Å²) in [5.41, 5.74) is 0. The van der Waals surface area contributed by atoms with Crippen molar-refractivity contribution >= 4 is 0 Å². The predicted molar refractivity (Wildman–Crippen MR) is 65.1 cm³/mol. The minimum Gasteiger partial charge on any atom is -0.381 e. The molecular weight excluding hydrogens is 186 g/mol. The summed E-state index contributed by atoms with van der Waals surface area (Å²) in [7, 11) is 0. The number of rotatable bonds is 6. The third-order valence-corrected chi connectivity index (χ3v) is 3.65. The smallest absolute Gasteiger partial charge is 0.0469 e. The van der Waals surface area contributed by atoms with Gasteiger partial charge in [0.2, 0.25) is 0 Å². The Kier molecular flexibility index (Phi) is 6.26. The van der Waals surface area contributed by atoms with Gasteiger partial charge in [-0.3, -0.25) is 0 Å². The fourth-order valence-electron chi connectivity index (χ4n) is 2.42. The van der Waals surface area contributed by atoms with E-state index in [9.17, 15) is 0 Å². The van der Waals surface area contributed by atoms with Crippen LogP contribution in [0.4, 0.5) is 0 Å². The van der Waals surface area contributed by atoms with Crippen molar-refractivity contribution in [1.82, 2.24) is 5.32 Å². The summed E-state index contributed by atoms with van der Waals surface area (Å²) in [6.07, 6.45) is 5.11. The highest BCUT2D eigenvalue weighted by molar-refractivity contribution is 4.79. The van der Waals surface area contributed by atoms with E-state index in [1.165, 1.54) is 25.7 Å². The highest BCUT2D eigenvalue weighted by atomic mass is 16.5. The van der Waals surface area contributed by atoms with Crippen LogP contribution in [-0.2, 0) is 4.74 Å². The molecule has 0 aliphatic carbocycles. The number of hydrogen-bond donors (Lipinski definition) is 1. The second-order valence-corrected chi connectivity index (χ2v) is 4.86. The molecule has 0 bridgehead atoms. The van der Waals surface area contributed by atoms with Gasteiger partial charge < -0.3 is 10.1 Å². The Labute approximate surface area is 94.8 Å². The highest BCUT2D eigenvalue weighted by Gasteiger charge is 2.24. The Morgan fingerprint density at radius 3 is 2.47 bits per heavy atom. The van der Waals surface area contributed by atoms with Crippen LogP contribution in [0.3, 0.4) is 0 Å². The van der Waals surface area contributed by atoms with Crippen molar-refractivity contribution in [1.29, 1.82) is 0 Å². The Morgan fingerprint density at radius 2 is 1.93 bits per heavy atom. The standard InChI is InChI=1S/C13H27NO/c1-4-11(3)10-13(14-5-2)12-6-8-15-9-7-12/h11-14H,4-10H2,1-3H3. The van der Waals surface area contributed by atoms with Gasteiger partial charge in [-0.05, 0) is 37.6 Å². The molecule has 0 spiro atoms. The molecule has 0 aromatic rings. The van der Waals surface area contributed by atoms with Crippen LogP contribution in [0.25, 0.3) is 0 Å². The lowest BCUT2D eigenvalue weighted by atomic mass is 9.85. The van der Waals surface area contributed by atoms with E-state index >= 15 is 0 Å². The van der Waals surface area contributed by atoms with Gasteiger partial charge in [-0.25, -0.2) is 0 Å². The van der Waals surface area contributed by atoms with E-state index in [1.807, 2.05) is 0 Å². The third kappa shape index (κ3) is 4.52. The van der Waals surface area contributed by atoms with Crippen LogP contribution >= 0.6 is 0 Å². The molecule has 1 fully saturated rings. The zero-order valence-corrected chi connectivity index (χ0v) is 10.6. The fraction of sp³-hybridized carbons (Fsp3) is 1.00. The van der Waals surface area contributed by atoms with Crippen molar-refractivity contribution in [3.8, 4) is 0 Å². The third-order valence-electron chi connectivity index (χ3n) is 3.65. The van der Waals surface area contributed by atoms with Gasteiger partial charge >= 0.3 is 0 Å². The Balaban J connectivity index is 2.39. The zero-order valence-electron chi connectivity index (χ0n) is 10.6. The maximum atomic E-state index is 5.43. The van der Waals surface area contributed by atoms with E-state index in [0.717, 1.165) is 31.6 Å². The van der Waals surface area contributed by atoms with E-state index in [4.69, 9.17) is 4.74 Å². The molecule has 1 heterocycles. The zero-order chi connectivity index (χ0) is 11.1. The first-order valence-corrected chi connectivity index (χ1v) is 6.59. The van der Waals surface area contributed by atoms with Crippen molar-refractivity contribution in [3.05, 3.63) is 0 Å². The minimum absolute atomic E-state index is 0.717. The molecule has 90 valence electrons. The van der Waals surface area contributed by atoms with Gasteiger partial charge in [-0.2, -0.15) is 0 Å². The summed E-state index contributed by atoms with van der Waals surface area (Å²) in [5.74, 6) is 1.68. The molecule has 1 saturated heterocycles. The van der Waals surface area contributed by atoms with Crippen molar-refractivity contribution in [2.45, 2.75) is 52.5 Å². The molecule has 0 aromatic heterocycles. The van der Waals surface area contributed by atoms with Crippen molar-refractivity contribution < 1.29 is 4.74 Å². The largest absolute Gasteiger partial charge is 0.381 e. The lowest BCUT2D eigenvalue weighted by Crippen LogP contribution is -2.40. The first-order chi connectivity index (χ1) is 7.27. The lowest BCUT2D eigenvalue weighted by molar-refractivity contribution is 0.0506. The van der Waals surface area contributed by atoms with Crippen molar-refractivity contribution in [3.63, 3.8) is 0 Å². The maximum Gasteiger partial charge on any atom is 0.0469 e. The van der Waals surface area contributed by atoms with Crippen LogP contribution in [0.1, 0.15) is 46.5 Å². The summed E-state index contributed by atoms with van der Waals surface area (Å²) >= 11 is 0. The quantitative estimate of drug-likeness (QED) is 0.732. The molecule has 0 saturated carbocycles. The van der Waals surface area contributed by atoms with Gasteiger partial charge in [-0.1, -0.05) is 27.2 Å². The van der Waals surface area contributed by atoms with Crippen LogP contribution in [0, 0.1) is 11.8 Å². The molecule has 1 rings (SSSR count). The molecule has 0 amide bonds. The highest BCUT2D eigenvalue weighted by Crippen LogP contribution is 2.24. The van der Waals surface area contributed by atoms with E-state index in [1.54, 1.807) is 0 Å². The average molecular weight is 213 g/mol. The molecule has 1 aliphatic heterocycles. The molecule has 15 heavy (non-hydrogen) atoms. The molecule has 0 aromatic carbocycles. The molecule has 2 heteroatoms. The summed E-state index contributed by atoms with van der Waals surface area (Å²) < 4.78 is 5.43. The van der Waals surface area contributed by atoms with Crippen LogP contribution in [0.15, 0.2) is 0 Å². The first kappa shape index (κ1) is 13.0.